The van der Waals surface area contributed by atoms with Crippen LogP contribution in [0.2, 0.25) is 0 Å². The molecule has 0 bridgehead atoms. The van der Waals surface area contributed by atoms with Crippen LogP contribution in [0.25, 0.3) is 5.76 Å². The fourth-order valence-electron chi connectivity index (χ4n) is 7.57. The second-order valence-electron chi connectivity index (χ2n) is 12.0. The quantitative estimate of drug-likeness (QED) is 0.298. The molecule has 1 aromatic rings. The maximum absolute atomic E-state index is 13.9. The number of fused-ring (bicyclic) bond motifs is 3. The molecule has 1 saturated heterocycles. The van der Waals surface area contributed by atoms with E-state index in [1.165, 1.54) is 4.90 Å². The summed E-state index contributed by atoms with van der Waals surface area (Å²) >= 11 is 0. The number of allylic oxidation sites excluding steroid dienone is 1. The van der Waals surface area contributed by atoms with E-state index < -0.39 is 82.3 Å². The number of ether oxygens (including phenoxy) is 1. The highest BCUT2D eigenvalue weighted by atomic mass is 19.4. The van der Waals surface area contributed by atoms with Crippen LogP contribution >= 0.6 is 0 Å². The van der Waals surface area contributed by atoms with Crippen LogP contribution in [-0.4, -0.2) is 81.7 Å². The van der Waals surface area contributed by atoms with E-state index in [9.17, 15) is 42.9 Å². The molecule has 4 aliphatic rings. The van der Waals surface area contributed by atoms with E-state index in [1.807, 2.05) is 18.7 Å². The molecule has 1 aliphatic heterocycles. The molecule has 13 heteroatoms. The molecule has 0 radical (unpaired) electrons. The SMILES string of the molecule is CC(C)N1CCCC1c1cc(O)c2c(c1OC(F)(F)F)C[C@H]1C[C@@H]3C(C(=O)C(C(N)=O)=C(O)[C@H]3N(C)C)C(=O)C1=C2O. The van der Waals surface area contributed by atoms with Gasteiger partial charge in [-0.3, -0.25) is 24.2 Å². The first-order chi connectivity index (χ1) is 19.5. The Labute approximate surface area is 240 Å². The predicted molar refractivity (Wildman–Crippen MR) is 143 cm³/mol. The Kier molecular flexibility index (Phi) is 7.33. The number of aliphatic hydroxyl groups is 2. The summed E-state index contributed by atoms with van der Waals surface area (Å²) < 4.78 is 46.1. The van der Waals surface area contributed by atoms with E-state index in [2.05, 4.69) is 4.74 Å². The fraction of sp³-hybridized carbons (Fsp3) is 0.552. The molecule has 1 saturated carbocycles. The van der Waals surface area contributed by atoms with Crippen LogP contribution in [0.3, 0.4) is 0 Å². The lowest BCUT2D eigenvalue weighted by atomic mass is 9.59. The number of aliphatic hydroxyl groups excluding tert-OH is 2. The molecule has 5 N–H and O–H groups in total. The molecule has 228 valence electrons. The third kappa shape index (κ3) is 4.62. The number of nitrogens with zero attached hydrogens (tertiary/aromatic N) is 2. The van der Waals surface area contributed by atoms with Crippen LogP contribution < -0.4 is 10.5 Å². The summed E-state index contributed by atoms with van der Waals surface area (Å²) in [6.07, 6.45) is -4.01. The molecular weight excluding hydrogens is 559 g/mol. The summed E-state index contributed by atoms with van der Waals surface area (Å²) in [6, 6.07) is -0.294. The standard InChI is InChI=1S/C29H34F3N3O7/c1-11(2)35-7-5-6-16(35)13-10-17(36)19-15(27(13)42-29(30,31)32)9-12-8-14-20(24(38)18(12)23(19)37)25(39)21(28(33)41)26(40)22(14)34(3)4/h10-12,14,16,20,22,36-37,40H,5-9H2,1-4H3,(H2,33,41)/t12-,14-,16?,20?,22+/m1/s1. The van der Waals surface area contributed by atoms with Gasteiger partial charge in [0, 0.05) is 28.8 Å². The average molecular weight is 594 g/mol. The van der Waals surface area contributed by atoms with Gasteiger partial charge in [0.05, 0.1) is 17.5 Å². The van der Waals surface area contributed by atoms with E-state index in [-0.39, 0.29) is 41.1 Å². The number of amides is 1. The van der Waals surface area contributed by atoms with Gasteiger partial charge < -0.3 is 25.8 Å². The van der Waals surface area contributed by atoms with Crippen LogP contribution in [0.5, 0.6) is 11.5 Å². The zero-order valence-corrected chi connectivity index (χ0v) is 23.7. The van der Waals surface area contributed by atoms with E-state index >= 15 is 0 Å². The normalized spacial score (nSPS) is 28.4. The zero-order chi connectivity index (χ0) is 31.0. The zero-order valence-electron chi connectivity index (χ0n) is 23.7. The van der Waals surface area contributed by atoms with Crippen molar-refractivity contribution in [3.8, 4) is 11.5 Å². The highest BCUT2D eigenvalue weighted by Crippen LogP contribution is 2.54. The van der Waals surface area contributed by atoms with Gasteiger partial charge >= 0.3 is 6.36 Å². The number of nitrogens with two attached hydrogens (primary N) is 1. The molecule has 2 fully saturated rings. The number of likely N-dealkylation sites (tertiary alicyclic amines) is 1. The van der Waals surface area contributed by atoms with E-state index in [0.29, 0.717) is 13.0 Å². The topological polar surface area (TPSA) is 154 Å². The minimum atomic E-state index is -5.08. The van der Waals surface area contributed by atoms with Gasteiger partial charge in [-0.15, -0.1) is 13.2 Å². The maximum atomic E-state index is 13.9. The molecule has 5 atom stereocenters. The smallest absolute Gasteiger partial charge is 0.510 e. The summed E-state index contributed by atoms with van der Waals surface area (Å²) in [7, 11) is 3.16. The molecule has 3 aliphatic carbocycles. The first-order valence-corrected chi connectivity index (χ1v) is 13.9. The number of phenols is 1. The Morgan fingerprint density at radius 2 is 1.83 bits per heavy atom. The number of likely N-dealkylation sites (N-methyl/N-ethyl adjacent to an activating group) is 1. The van der Waals surface area contributed by atoms with Gasteiger partial charge in [-0.05, 0) is 78.1 Å². The van der Waals surface area contributed by atoms with Gasteiger partial charge in [0.2, 0.25) is 0 Å². The summed E-state index contributed by atoms with van der Waals surface area (Å²) in [5.41, 5.74) is 4.15. The number of hydrogen-bond donors (Lipinski definition) is 4. The lowest BCUT2D eigenvalue weighted by molar-refractivity contribution is -0.275. The third-order valence-electron chi connectivity index (χ3n) is 9.08. The number of benzene rings is 1. The van der Waals surface area contributed by atoms with Gasteiger partial charge in [-0.25, -0.2) is 0 Å². The molecule has 1 heterocycles. The largest absolute Gasteiger partial charge is 0.573 e. The van der Waals surface area contributed by atoms with Gasteiger partial charge in [-0.1, -0.05) is 0 Å². The fourth-order valence-corrected chi connectivity index (χ4v) is 7.57. The maximum Gasteiger partial charge on any atom is 0.573 e. The van der Waals surface area contributed by atoms with Crippen LogP contribution in [0, 0.1) is 17.8 Å². The number of halogens is 3. The molecule has 1 aromatic carbocycles. The van der Waals surface area contributed by atoms with Crippen LogP contribution in [0.4, 0.5) is 13.2 Å². The number of phenolic OH excluding ortho intramolecular Hbond substituents is 1. The van der Waals surface area contributed by atoms with Crippen LogP contribution in [-0.2, 0) is 20.8 Å². The third-order valence-corrected chi connectivity index (χ3v) is 9.08. The highest BCUT2D eigenvalue weighted by molar-refractivity contribution is 6.28. The number of alkyl halides is 3. The first-order valence-electron chi connectivity index (χ1n) is 13.9. The number of Topliss-reactive ketones (excluding diaryl/α,β-unsaturated/α-hetero) is 2. The lowest BCUT2D eigenvalue weighted by Gasteiger charge is -2.46. The number of ketones is 2. The molecule has 0 spiro atoms. The summed E-state index contributed by atoms with van der Waals surface area (Å²) in [6.45, 7) is 4.49. The molecule has 42 heavy (non-hydrogen) atoms. The van der Waals surface area contributed by atoms with Gasteiger partial charge in [0.1, 0.15) is 28.6 Å². The Bertz CT molecular complexity index is 1430. The van der Waals surface area contributed by atoms with E-state index in [4.69, 9.17) is 5.73 Å². The Morgan fingerprint density at radius 3 is 2.40 bits per heavy atom. The molecule has 5 rings (SSSR count). The van der Waals surface area contributed by atoms with Crippen molar-refractivity contribution in [2.45, 2.75) is 64.0 Å². The van der Waals surface area contributed by atoms with Crippen molar-refractivity contribution in [1.29, 1.82) is 0 Å². The minimum Gasteiger partial charge on any atom is -0.510 e. The van der Waals surface area contributed by atoms with Crippen molar-refractivity contribution in [1.82, 2.24) is 9.80 Å². The van der Waals surface area contributed by atoms with Crippen molar-refractivity contribution in [2.24, 2.45) is 23.5 Å². The molecule has 0 aromatic heterocycles. The second-order valence-corrected chi connectivity index (χ2v) is 12.0. The number of hydrogen-bond acceptors (Lipinski definition) is 9. The molecular formula is C29H34F3N3O7. The summed E-state index contributed by atoms with van der Waals surface area (Å²) in [5.74, 6) is -8.53. The average Bonchev–Trinajstić information content (AvgIpc) is 3.34. The minimum absolute atomic E-state index is 0.0000404. The predicted octanol–water partition coefficient (Wildman–Crippen LogP) is 3.29. The molecule has 2 unspecified atom stereocenters. The second kappa shape index (κ2) is 10.3. The number of aromatic hydroxyl groups is 1. The van der Waals surface area contributed by atoms with E-state index in [1.54, 1.807) is 14.1 Å². The number of rotatable bonds is 5. The summed E-state index contributed by atoms with van der Waals surface area (Å²) in [5, 5.41) is 33.4. The number of carbonyl (C=O) groups excluding carboxylic acids is 3. The van der Waals surface area contributed by atoms with Gasteiger partial charge in [-0.2, -0.15) is 0 Å². The van der Waals surface area contributed by atoms with Crippen LogP contribution in [0.1, 0.15) is 55.8 Å². The monoisotopic (exact) mass is 593 g/mol. The van der Waals surface area contributed by atoms with Gasteiger partial charge in [0.15, 0.2) is 11.6 Å². The molecule has 10 nitrogen and oxygen atoms in total. The lowest BCUT2D eigenvalue weighted by Crippen LogP contribution is -2.55. The number of carbonyl (C=O) groups is 3. The van der Waals surface area contributed by atoms with Crippen LogP contribution in [0.15, 0.2) is 23.0 Å². The van der Waals surface area contributed by atoms with E-state index in [0.717, 1.165) is 12.5 Å². The Balaban J connectivity index is 1.69. The Hall–Kier alpha value is -3.58. The van der Waals surface area contributed by atoms with Gasteiger partial charge in [0.25, 0.3) is 5.91 Å². The molecule has 1 amide bonds. The highest BCUT2D eigenvalue weighted by Gasteiger charge is 2.56. The van der Waals surface area contributed by atoms with Crippen molar-refractivity contribution >= 4 is 23.2 Å². The van der Waals surface area contributed by atoms with Crippen molar-refractivity contribution < 1.29 is 47.6 Å². The van der Waals surface area contributed by atoms with Crippen molar-refractivity contribution in [3.05, 3.63) is 39.7 Å². The van der Waals surface area contributed by atoms with Crippen molar-refractivity contribution in [3.63, 3.8) is 0 Å². The summed E-state index contributed by atoms with van der Waals surface area (Å²) in [4.78, 5) is 42.8. The first kappa shape index (κ1) is 29.9. The van der Waals surface area contributed by atoms with Crippen molar-refractivity contribution in [2.75, 3.05) is 20.6 Å². The number of primary amides is 1. The Morgan fingerprint density at radius 1 is 1.17 bits per heavy atom.